The van der Waals surface area contributed by atoms with Gasteiger partial charge in [0.05, 0.1) is 11.2 Å². The molecular weight excluding hydrogens is 291 g/mol. The van der Waals surface area contributed by atoms with Crippen LogP contribution in [0.2, 0.25) is 10.0 Å². The smallest absolute Gasteiger partial charge is 0.287 e. The van der Waals surface area contributed by atoms with E-state index in [0.717, 1.165) is 17.8 Å². The van der Waals surface area contributed by atoms with E-state index in [2.05, 4.69) is 10.00 Å². The summed E-state index contributed by atoms with van der Waals surface area (Å²) in [6, 6.07) is 0. The van der Waals surface area contributed by atoms with Crippen LogP contribution in [-0.4, -0.2) is 58.7 Å². The van der Waals surface area contributed by atoms with Crippen LogP contribution >= 0.6 is 23.2 Å². The summed E-state index contributed by atoms with van der Waals surface area (Å²) in [6.45, 7) is 2.86. The average molecular weight is 305 g/mol. The largest absolute Gasteiger partial charge is 0.339 e. The highest BCUT2D eigenvalue weighted by atomic mass is 35.5. The van der Waals surface area contributed by atoms with Crippen LogP contribution < -0.4 is 5.56 Å². The van der Waals surface area contributed by atoms with E-state index in [-0.39, 0.29) is 22.5 Å². The van der Waals surface area contributed by atoms with Crippen molar-refractivity contribution in [3.63, 3.8) is 0 Å². The van der Waals surface area contributed by atoms with E-state index in [1.54, 1.807) is 4.90 Å². The fraction of sp³-hybridized carbons (Fsp3) is 0.545. The molecule has 0 spiro atoms. The number of piperazine rings is 1. The molecule has 0 bridgehead atoms. The molecule has 1 aliphatic rings. The summed E-state index contributed by atoms with van der Waals surface area (Å²) in [7, 11) is 2.01. The molecule has 1 aromatic rings. The van der Waals surface area contributed by atoms with E-state index in [4.69, 9.17) is 23.2 Å². The third-order valence-electron chi connectivity index (χ3n) is 3.08. The number of carbonyl (C=O) groups excluding carboxylic acids is 1. The van der Waals surface area contributed by atoms with Crippen molar-refractivity contribution in [2.75, 3.05) is 33.2 Å². The summed E-state index contributed by atoms with van der Waals surface area (Å²) in [4.78, 5) is 27.7. The van der Waals surface area contributed by atoms with Crippen molar-refractivity contribution in [1.29, 1.82) is 0 Å². The molecule has 0 saturated carbocycles. The summed E-state index contributed by atoms with van der Waals surface area (Å²) in [5, 5.41) is 3.80. The van der Waals surface area contributed by atoms with Crippen LogP contribution in [-0.2, 0) is 11.3 Å². The second kappa shape index (κ2) is 5.90. The monoisotopic (exact) mass is 304 g/mol. The predicted molar refractivity (Wildman–Crippen MR) is 72.6 cm³/mol. The molecule has 6 nitrogen and oxygen atoms in total. The Bertz CT molecular complexity index is 538. The van der Waals surface area contributed by atoms with Crippen LogP contribution in [0.1, 0.15) is 0 Å². The normalized spacial score (nSPS) is 16.7. The first-order chi connectivity index (χ1) is 8.99. The lowest BCUT2D eigenvalue weighted by Crippen LogP contribution is -2.48. The third-order valence-corrected chi connectivity index (χ3v) is 3.83. The molecule has 8 heteroatoms. The number of rotatable bonds is 2. The van der Waals surface area contributed by atoms with Gasteiger partial charge in [0.15, 0.2) is 0 Å². The number of carbonyl (C=O) groups is 1. The van der Waals surface area contributed by atoms with Crippen molar-refractivity contribution in [3.05, 3.63) is 26.6 Å². The highest BCUT2D eigenvalue weighted by Gasteiger charge is 2.20. The molecule has 1 saturated heterocycles. The minimum absolute atomic E-state index is 0.0926. The standard InChI is InChI=1S/C11H14Cl2N4O2/c1-15-2-4-16(5-3-15)9(18)7-17-11(19)10(13)8(12)6-14-17/h6H,2-5,7H2,1H3. The SMILES string of the molecule is CN1CCN(C(=O)Cn2ncc(Cl)c(Cl)c2=O)CC1. The van der Waals surface area contributed by atoms with E-state index in [1.807, 2.05) is 7.05 Å². The molecule has 0 aliphatic carbocycles. The van der Waals surface area contributed by atoms with Crippen molar-refractivity contribution in [1.82, 2.24) is 19.6 Å². The highest BCUT2D eigenvalue weighted by Crippen LogP contribution is 2.14. The number of halogens is 2. The van der Waals surface area contributed by atoms with E-state index in [1.165, 1.54) is 6.20 Å². The van der Waals surface area contributed by atoms with Gasteiger partial charge in [-0.3, -0.25) is 9.59 Å². The summed E-state index contributed by atoms with van der Waals surface area (Å²) < 4.78 is 1.04. The zero-order chi connectivity index (χ0) is 14.0. The zero-order valence-corrected chi connectivity index (χ0v) is 12.0. The fourth-order valence-corrected chi connectivity index (χ4v) is 2.11. The first-order valence-corrected chi connectivity index (χ1v) is 6.62. The Morgan fingerprint density at radius 2 is 1.95 bits per heavy atom. The molecule has 1 amide bonds. The van der Waals surface area contributed by atoms with Gasteiger partial charge < -0.3 is 9.80 Å². The minimum atomic E-state index is -0.545. The topological polar surface area (TPSA) is 58.4 Å². The first-order valence-electron chi connectivity index (χ1n) is 5.86. The van der Waals surface area contributed by atoms with Crippen LogP contribution in [0.5, 0.6) is 0 Å². The second-order valence-corrected chi connectivity index (χ2v) is 5.24. The number of amides is 1. The second-order valence-electron chi connectivity index (χ2n) is 4.45. The van der Waals surface area contributed by atoms with Crippen LogP contribution in [0.3, 0.4) is 0 Å². The molecule has 1 aromatic heterocycles. The van der Waals surface area contributed by atoms with Gasteiger partial charge in [0.2, 0.25) is 5.91 Å². The summed E-state index contributed by atoms with van der Waals surface area (Å²) in [5.74, 6) is -0.138. The van der Waals surface area contributed by atoms with E-state index in [9.17, 15) is 9.59 Å². The molecule has 2 rings (SSSR count). The van der Waals surface area contributed by atoms with Gasteiger partial charge >= 0.3 is 0 Å². The molecule has 0 atom stereocenters. The highest BCUT2D eigenvalue weighted by molar-refractivity contribution is 6.41. The molecule has 104 valence electrons. The van der Waals surface area contributed by atoms with Crippen LogP contribution in [0.25, 0.3) is 0 Å². The molecule has 0 radical (unpaired) electrons. The maximum absolute atomic E-state index is 12.1. The molecule has 1 fully saturated rings. The lowest BCUT2D eigenvalue weighted by Gasteiger charge is -2.32. The predicted octanol–water partition coefficient (Wildman–Crippen LogP) is 0.324. The average Bonchev–Trinajstić information content (AvgIpc) is 2.40. The van der Waals surface area contributed by atoms with Gasteiger partial charge in [-0.1, -0.05) is 23.2 Å². The Kier molecular flexibility index (Phi) is 4.44. The molecule has 0 unspecified atom stereocenters. The summed E-state index contributed by atoms with van der Waals surface area (Å²) >= 11 is 11.4. The third kappa shape index (κ3) is 3.26. The quantitative estimate of drug-likeness (QED) is 0.790. The van der Waals surface area contributed by atoms with Crippen molar-refractivity contribution in [2.45, 2.75) is 6.54 Å². The zero-order valence-electron chi connectivity index (χ0n) is 10.5. The molecule has 1 aliphatic heterocycles. The van der Waals surface area contributed by atoms with Crippen molar-refractivity contribution >= 4 is 29.1 Å². The Hall–Kier alpha value is -1.11. The van der Waals surface area contributed by atoms with Crippen molar-refractivity contribution < 1.29 is 4.79 Å². The lowest BCUT2D eigenvalue weighted by atomic mass is 10.3. The Balaban J connectivity index is 2.07. The van der Waals surface area contributed by atoms with Crippen LogP contribution in [0.4, 0.5) is 0 Å². The van der Waals surface area contributed by atoms with Crippen LogP contribution in [0.15, 0.2) is 11.0 Å². The fourth-order valence-electron chi connectivity index (χ4n) is 1.84. The van der Waals surface area contributed by atoms with E-state index < -0.39 is 5.56 Å². The number of aromatic nitrogens is 2. The summed E-state index contributed by atoms with van der Waals surface area (Å²) in [5.41, 5.74) is -0.545. The Morgan fingerprint density at radius 1 is 1.32 bits per heavy atom. The first kappa shape index (κ1) is 14.3. The number of nitrogens with zero attached hydrogens (tertiary/aromatic N) is 4. The Labute approximate surface area is 120 Å². The summed E-state index contributed by atoms with van der Waals surface area (Å²) in [6.07, 6.45) is 1.27. The van der Waals surface area contributed by atoms with Gasteiger partial charge in [0.25, 0.3) is 5.56 Å². The van der Waals surface area contributed by atoms with Crippen molar-refractivity contribution in [3.8, 4) is 0 Å². The maximum Gasteiger partial charge on any atom is 0.287 e. The molecule has 0 aromatic carbocycles. The number of likely N-dealkylation sites (N-methyl/N-ethyl adjacent to an activating group) is 1. The molecule has 0 N–H and O–H groups in total. The molecule has 19 heavy (non-hydrogen) atoms. The van der Waals surface area contributed by atoms with Gasteiger partial charge in [0, 0.05) is 26.2 Å². The molecule has 2 heterocycles. The van der Waals surface area contributed by atoms with Gasteiger partial charge in [-0.15, -0.1) is 0 Å². The van der Waals surface area contributed by atoms with E-state index in [0.29, 0.717) is 13.1 Å². The van der Waals surface area contributed by atoms with E-state index >= 15 is 0 Å². The van der Waals surface area contributed by atoms with Crippen LogP contribution in [0, 0.1) is 0 Å². The number of hydrogen-bond donors (Lipinski definition) is 0. The maximum atomic E-state index is 12.1. The Morgan fingerprint density at radius 3 is 2.58 bits per heavy atom. The lowest BCUT2D eigenvalue weighted by molar-refractivity contribution is -0.133. The van der Waals surface area contributed by atoms with Gasteiger partial charge in [-0.2, -0.15) is 5.10 Å². The van der Waals surface area contributed by atoms with Crippen molar-refractivity contribution in [2.24, 2.45) is 0 Å². The van der Waals surface area contributed by atoms with Gasteiger partial charge in [0.1, 0.15) is 11.6 Å². The molecular formula is C11H14Cl2N4O2. The minimum Gasteiger partial charge on any atom is -0.339 e. The van der Waals surface area contributed by atoms with Gasteiger partial charge in [-0.05, 0) is 7.05 Å². The number of hydrogen-bond acceptors (Lipinski definition) is 4. The van der Waals surface area contributed by atoms with Gasteiger partial charge in [-0.25, -0.2) is 4.68 Å².